The van der Waals surface area contributed by atoms with E-state index in [2.05, 4.69) is 30.0 Å². The summed E-state index contributed by atoms with van der Waals surface area (Å²) < 4.78 is 1.93. The predicted molar refractivity (Wildman–Crippen MR) is 62.7 cm³/mol. The highest BCUT2D eigenvalue weighted by atomic mass is 15.3. The maximum absolute atomic E-state index is 5.71. The maximum atomic E-state index is 5.71. The van der Waals surface area contributed by atoms with E-state index in [4.69, 9.17) is 5.73 Å². The van der Waals surface area contributed by atoms with Gasteiger partial charge in [-0.15, -0.1) is 0 Å². The number of nitrogens with two attached hydrogens (primary N) is 1. The van der Waals surface area contributed by atoms with E-state index in [1.807, 2.05) is 17.9 Å². The minimum absolute atomic E-state index is 0.296. The summed E-state index contributed by atoms with van der Waals surface area (Å²) in [5.74, 6) is 0. The maximum Gasteiger partial charge on any atom is 0.0492 e. The van der Waals surface area contributed by atoms with Gasteiger partial charge in [0.15, 0.2) is 0 Å². The van der Waals surface area contributed by atoms with Gasteiger partial charge in [-0.3, -0.25) is 4.68 Å². The normalized spacial score (nSPS) is 13.4. The molecule has 0 spiro atoms. The fourth-order valence-corrected chi connectivity index (χ4v) is 1.49. The van der Waals surface area contributed by atoms with Gasteiger partial charge in [0.1, 0.15) is 0 Å². The van der Waals surface area contributed by atoms with Crippen LogP contribution in [0.15, 0.2) is 12.3 Å². The summed E-state index contributed by atoms with van der Waals surface area (Å²) in [6, 6.07) is 2.36. The third-order valence-corrected chi connectivity index (χ3v) is 2.64. The second kappa shape index (κ2) is 5.88. The first-order chi connectivity index (χ1) is 7.09. The second-order valence-corrected chi connectivity index (χ2v) is 4.27. The smallest absolute Gasteiger partial charge is 0.0492 e. The van der Waals surface area contributed by atoms with Gasteiger partial charge in [-0.1, -0.05) is 0 Å². The molecule has 0 radical (unpaired) electrons. The molecule has 0 aliphatic carbocycles. The largest absolute Gasteiger partial charge is 0.328 e. The molecule has 15 heavy (non-hydrogen) atoms. The summed E-state index contributed by atoms with van der Waals surface area (Å²) in [6.07, 6.45) is 3.95. The molecule has 1 unspecified atom stereocenters. The molecular formula is C11H22N4. The first-order valence-electron chi connectivity index (χ1n) is 5.50. The number of likely N-dealkylation sites (N-methyl/N-ethyl adjacent to an activating group) is 1. The number of hydrogen-bond acceptors (Lipinski definition) is 3. The summed E-state index contributed by atoms with van der Waals surface area (Å²) in [5.41, 5.74) is 7.00. The van der Waals surface area contributed by atoms with Crippen LogP contribution in [0.1, 0.15) is 19.0 Å². The van der Waals surface area contributed by atoms with Crippen LogP contribution in [-0.4, -0.2) is 40.9 Å². The Kier molecular flexibility index (Phi) is 4.78. The molecule has 2 N–H and O–H groups in total. The molecule has 1 rings (SSSR count). The Balaban J connectivity index is 2.22. The van der Waals surface area contributed by atoms with Crippen molar-refractivity contribution in [2.45, 2.75) is 25.8 Å². The molecule has 0 aromatic carbocycles. The molecule has 4 heteroatoms. The number of aromatic nitrogens is 2. The molecule has 1 heterocycles. The quantitative estimate of drug-likeness (QED) is 0.749. The Morgan fingerprint density at radius 3 is 2.80 bits per heavy atom. The fourth-order valence-electron chi connectivity index (χ4n) is 1.49. The van der Waals surface area contributed by atoms with Gasteiger partial charge in [0, 0.05) is 37.9 Å². The van der Waals surface area contributed by atoms with Crippen LogP contribution in [0.5, 0.6) is 0 Å². The van der Waals surface area contributed by atoms with Gasteiger partial charge in [0.05, 0.1) is 0 Å². The third kappa shape index (κ3) is 4.44. The standard InChI is InChI=1S/C11H22N4/c1-10(12)5-8-14(2)9-6-11-4-7-13-15(11)3/h4,7,10H,5-6,8-9,12H2,1-3H3. The Labute approximate surface area is 92.1 Å². The van der Waals surface area contributed by atoms with Gasteiger partial charge < -0.3 is 10.6 Å². The number of aryl methyl sites for hydroxylation is 1. The van der Waals surface area contributed by atoms with Crippen molar-refractivity contribution >= 4 is 0 Å². The summed E-state index contributed by atoms with van der Waals surface area (Å²) >= 11 is 0. The molecule has 0 saturated carbocycles. The predicted octanol–water partition coefficient (Wildman–Crippen LogP) is 0.632. The first-order valence-corrected chi connectivity index (χ1v) is 5.50. The van der Waals surface area contributed by atoms with Crippen LogP contribution in [0.2, 0.25) is 0 Å². The SMILES string of the molecule is CC(N)CCN(C)CCc1ccnn1C. The van der Waals surface area contributed by atoms with Crippen molar-refractivity contribution in [3.8, 4) is 0 Å². The Bertz CT molecular complexity index is 280. The molecule has 0 amide bonds. The average Bonchev–Trinajstić information content (AvgIpc) is 2.58. The lowest BCUT2D eigenvalue weighted by molar-refractivity contribution is 0.322. The van der Waals surface area contributed by atoms with Crippen molar-refractivity contribution in [2.75, 3.05) is 20.1 Å². The Hall–Kier alpha value is -0.870. The topological polar surface area (TPSA) is 47.1 Å². The van der Waals surface area contributed by atoms with E-state index >= 15 is 0 Å². The minimum atomic E-state index is 0.296. The van der Waals surface area contributed by atoms with Crippen LogP contribution in [-0.2, 0) is 13.5 Å². The number of hydrogen-bond donors (Lipinski definition) is 1. The van der Waals surface area contributed by atoms with Crippen molar-refractivity contribution < 1.29 is 0 Å². The number of rotatable bonds is 6. The summed E-state index contributed by atoms with van der Waals surface area (Å²) in [6.45, 7) is 4.18. The van der Waals surface area contributed by atoms with Gasteiger partial charge in [-0.05, 0) is 33.0 Å². The first kappa shape index (κ1) is 12.2. The molecular weight excluding hydrogens is 188 g/mol. The molecule has 0 aliphatic heterocycles. The van der Waals surface area contributed by atoms with Crippen molar-refractivity contribution in [3.63, 3.8) is 0 Å². The van der Waals surface area contributed by atoms with E-state index in [-0.39, 0.29) is 0 Å². The van der Waals surface area contributed by atoms with Crippen LogP contribution in [0.3, 0.4) is 0 Å². The molecule has 0 fully saturated rings. The van der Waals surface area contributed by atoms with E-state index in [0.29, 0.717) is 6.04 Å². The van der Waals surface area contributed by atoms with E-state index in [0.717, 1.165) is 25.9 Å². The van der Waals surface area contributed by atoms with Gasteiger partial charge in [0.25, 0.3) is 0 Å². The highest BCUT2D eigenvalue weighted by Gasteiger charge is 2.03. The Morgan fingerprint density at radius 1 is 1.53 bits per heavy atom. The fraction of sp³-hybridized carbons (Fsp3) is 0.727. The van der Waals surface area contributed by atoms with Crippen molar-refractivity contribution in [3.05, 3.63) is 18.0 Å². The van der Waals surface area contributed by atoms with E-state index in [1.54, 1.807) is 0 Å². The zero-order chi connectivity index (χ0) is 11.3. The lowest BCUT2D eigenvalue weighted by atomic mass is 10.2. The minimum Gasteiger partial charge on any atom is -0.328 e. The molecule has 1 atom stereocenters. The molecule has 86 valence electrons. The lowest BCUT2D eigenvalue weighted by Gasteiger charge is -2.17. The van der Waals surface area contributed by atoms with Gasteiger partial charge in [-0.25, -0.2) is 0 Å². The highest BCUT2D eigenvalue weighted by Crippen LogP contribution is 1.99. The van der Waals surface area contributed by atoms with Crippen molar-refractivity contribution in [1.29, 1.82) is 0 Å². The molecule has 0 saturated heterocycles. The van der Waals surface area contributed by atoms with Gasteiger partial charge >= 0.3 is 0 Å². The average molecular weight is 210 g/mol. The van der Waals surface area contributed by atoms with Crippen LogP contribution in [0, 0.1) is 0 Å². The van der Waals surface area contributed by atoms with Gasteiger partial charge in [-0.2, -0.15) is 5.10 Å². The van der Waals surface area contributed by atoms with Gasteiger partial charge in [0.2, 0.25) is 0 Å². The monoisotopic (exact) mass is 210 g/mol. The zero-order valence-corrected chi connectivity index (χ0v) is 9.98. The summed E-state index contributed by atoms with van der Waals surface area (Å²) in [4.78, 5) is 2.32. The van der Waals surface area contributed by atoms with E-state index in [1.165, 1.54) is 5.69 Å². The molecule has 1 aromatic rings. The van der Waals surface area contributed by atoms with E-state index in [9.17, 15) is 0 Å². The van der Waals surface area contributed by atoms with Crippen LogP contribution < -0.4 is 5.73 Å². The third-order valence-electron chi connectivity index (χ3n) is 2.64. The number of nitrogens with zero attached hydrogens (tertiary/aromatic N) is 3. The van der Waals surface area contributed by atoms with Crippen LogP contribution >= 0.6 is 0 Å². The zero-order valence-electron chi connectivity index (χ0n) is 9.98. The van der Waals surface area contributed by atoms with Crippen LogP contribution in [0.4, 0.5) is 0 Å². The molecule has 1 aromatic heterocycles. The summed E-state index contributed by atoms with van der Waals surface area (Å²) in [7, 11) is 4.12. The molecule has 0 aliphatic rings. The van der Waals surface area contributed by atoms with E-state index < -0.39 is 0 Å². The molecule has 0 bridgehead atoms. The molecule has 4 nitrogen and oxygen atoms in total. The lowest BCUT2D eigenvalue weighted by Crippen LogP contribution is -2.28. The van der Waals surface area contributed by atoms with Crippen LogP contribution in [0.25, 0.3) is 0 Å². The van der Waals surface area contributed by atoms with Crippen molar-refractivity contribution in [1.82, 2.24) is 14.7 Å². The highest BCUT2D eigenvalue weighted by molar-refractivity contribution is 5.00. The summed E-state index contributed by atoms with van der Waals surface area (Å²) in [5, 5.41) is 4.15. The van der Waals surface area contributed by atoms with Crippen molar-refractivity contribution in [2.24, 2.45) is 12.8 Å². The second-order valence-electron chi connectivity index (χ2n) is 4.27. The Morgan fingerprint density at radius 2 is 2.27 bits per heavy atom.